The second-order valence-electron chi connectivity index (χ2n) is 8.65. The van der Waals surface area contributed by atoms with Crippen LogP contribution in [-0.2, 0) is 14.3 Å². The van der Waals surface area contributed by atoms with E-state index in [0.717, 1.165) is 38.5 Å². The van der Waals surface area contributed by atoms with Gasteiger partial charge in [-0.05, 0) is 32.1 Å². The number of aliphatic carboxylic acids is 1. The minimum absolute atomic E-state index is 0.0683. The van der Waals surface area contributed by atoms with Crippen LogP contribution in [0, 0.1) is 11.8 Å². The Labute approximate surface area is 178 Å². The van der Waals surface area contributed by atoms with Crippen LogP contribution in [0.5, 0.6) is 0 Å². The van der Waals surface area contributed by atoms with Crippen molar-refractivity contribution in [3.8, 4) is 0 Å². The molecule has 3 unspecified atom stereocenters. The summed E-state index contributed by atoms with van der Waals surface area (Å²) in [4.78, 5) is 24.1. The van der Waals surface area contributed by atoms with Gasteiger partial charge in [0.25, 0.3) is 0 Å². The molecule has 0 saturated heterocycles. The van der Waals surface area contributed by atoms with Crippen LogP contribution in [0.15, 0.2) is 12.2 Å². The number of carboxylic acids is 1. The third-order valence-corrected chi connectivity index (χ3v) is 6.05. The van der Waals surface area contributed by atoms with Gasteiger partial charge in [0.15, 0.2) is 0 Å². The lowest BCUT2D eigenvalue weighted by Crippen LogP contribution is -2.33. The maximum atomic E-state index is 12.6. The minimum atomic E-state index is -0.892. The van der Waals surface area contributed by atoms with E-state index < -0.39 is 17.8 Å². The molecule has 0 fully saturated rings. The standard InChI is InChI=1S/C25H44O4/c1-3-5-7-8-9-10-11-12-13-14-18-21(17-6-4-2)29-25(28)23-20-16-15-19-22(23)24(26)27/h16,20-23H,3-15,17-19H2,1-2H3,(H,26,27). The first-order valence-electron chi connectivity index (χ1n) is 12.2. The summed E-state index contributed by atoms with van der Waals surface area (Å²) < 4.78 is 5.80. The van der Waals surface area contributed by atoms with Gasteiger partial charge in [0.05, 0.1) is 11.8 Å². The fourth-order valence-electron chi connectivity index (χ4n) is 4.15. The second-order valence-corrected chi connectivity index (χ2v) is 8.65. The molecule has 0 aromatic rings. The van der Waals surface area contributed by atoms with Gasteiger partial charge in [-0.2, -0.15) is 0 Å². The van der Waals surface area contributed by atoms with E-state index in [9.17, 15) is 14.7 Å². The van der Waals surface area contributed by atoms with Gasteiger partial charge in [0.2, 0.25) is 0 Å². The van der Waals surface area contributed by atoms with Crippen LogP contribution < -0.4 is 0 Å². The summed E-state index contributed by atoms with van der Waals surface area (Å²) >= 11 is 0. The second kappa shape index (κ2) is 16.5. The topological polar surface area (TPSA) is 63.6 Å². The van der Waals surface area contributed by atoms with Crippen LogP contribution in [0.2, 0.25) is 0 Å². The Balaban J connectivity index is 2.30. The Morgan fingerprint density at radius 1 is 0.897 bits per heavy atom. The molecule has 0 amide bonds. The highest BCUT2D eigenvalue weighted by molar-refractivity contribution is 5.83. The van der Waals surface area contributed by atoms with Gasteiger partial charge in [-0.1, -0.05) is 96.6 Å². The van der Waals surface area contributed by atoms with Crippen molar-refractivity contribution in [3.05, 3.63) is 12.2 Å². The van der Waals surface area contributed by atoms with Gasteiger partial charge >= 0.3 is 11.9 Å². The first-order chi connectivity index (χ1) is 14.1. The van der Waals surface area contributed by atoms with E-state index in [2.05, 4.69) is 13.8 Å². The van der Waals surface area contributed by atoms with Gasteiger partial charge < -0.3 is 9.84 Å². The van der Waals surface area contributed by atoms with E-state index in [1.807, 2.05) is 6.08 Å². The number of allylic oxidation sites excluding steroid dienone is 1. The molecule has 0 bridgehead atoms. The monoisotopic (exact) mass is 408 g/mol. The molecule has 0 spiro atoms. The zero-order chi connectivity index (χ0) is 21.3. The summed E-state index contributed by atoms with van der Waals surface area (Å²) in [6, 6.07) is 0. The molecule has 4 heteroatoms. The molecule has 168 valence electrons. The Hall–Kier alpha value is -1.32. The quantitative estimate of drug-likeness (QED) is 0.159. The Bertz CT molecular complexity index is 471. The van der Waals surface area contributed by atoms with Crippen LogP contribution in [0.3, 0.4) is 0 Å². The highest BCUT2D eigenvalue weighted by Crippen LogP contribution is 2.27. The summed E-state index contributed by atoms with van der Waals surface area (Å²) in [5.41, 5.74) is 0. The summed E-state index contributed by atoms with van der Waals surface area (Å²) in [6.07, 6.45) is 21.7. The van der Waals surface area contributed by atoms with E-state index in [0.29, 0.717) is 6.42 Å². The number of hydrogen-bond donors (Lipinski definition) is 1. The summed E-state index contributed by atoms with van der Waals surface area (Å²) in [7, 11) is 0. The normalized spacial score (nSPS) is 19.8. The highest BCUT2D eigenvalue weighted by atomic mass is 16.5. The third-order valence-electron chi connectivity index (χ3n) is 6.05. The average Bonchev–Trinajstić information content (AvgIpc) is 2.72. The highest BCUT2D eigenvalue weighted by Gasteiger charge is 2.35. The summed E-state index contributed by atoms with van der Waals surface area (Å²) in [5.74, 6) is -2.51. The predicted molar refractivity (Wildman–Crippen MR) is 119 cm³/mol. The van der Waals surface area contributed by atoms with Crippen molar-refractivity contribution in [2.24, 2.45) is 11.8 Å². The van der Waals surface area contributed by atoms with E-state index in [1.54, 1.807) is 6.08 Å². The van der Waals surface area contributed by atoms with Gasteiger partial charge in [-0.15, -0.1) is 0 Å². The fraction of sp³-hybridized carbons (Fsp3) is 0.840. The Kier molecular flexibility index (Phi) is 14.6. The molecule has 1 aliphatic carbocycles. The van der Waals surface area contributed by atoms with Gasteiger partial charge in [-0.3, -0.25) is 9.59 Å². The number of esters is 1. The first kappa shape index (κ1) is 25.7. The maximum absolute atomic E-state index is 12.6. The number of rotatable bonds is 17. The van der Waals surface area contributed by atoms with Crippen LogP contribution in [0.1, 0.15) is 117 Å². The lowest BCUT2D eigenvalue weighted by Gasteiger charge is -2.25. The summed E-state index contributed by atoms with van der Waals surface area (Å²) in [6.45, 7) is 4.39. The molecule has 0 heterocycles. The molecule has 0 aromatic heterocycles. The number of hydrogen-bond acceptors (Lipinski definition) is 3. The fourth-order valence-corrected chi connectivity index (χ4v) is 4.15. The van der Waals surface area contributed by atoms with Crippen molar-refractivity contribution in [2.75, 3.05) is 0 Å². The Morgan fingerprint density at radius 3 is 2.03 bits per heavy atom. The van der Waals surface area contributed by atoms with E-state index in [1.165, 1.54) is 57.8 Å². The Morgan fingerprint density at radius 2 is 1.45 bits per heavy atom. The van der Waals surface area contributed by atoms with Gasteiger partial charge in [0, 0.05) is 0 Å². The SMILES string of the molecule is CCCCCCCCCCCCC(CCCC)OC(=O)C1C=CCCC1C(=O)O. The number of carbonyl (C=O) groups is 2. The summed E-state index contributed by atoms with van der Waals surface area (Å²) in [5, 5.41) is 9.40. The van der Waals surface area contributed by atoms with Crippen LogP contribution >= 0.6 is 0 Å². The molecular formula is C25H44O4. The molecule has 1 N–H and O–H groups in total. The molecule has 1 rings (SSSR count). The molecule has 4 nitrogen and oxygen atoms in total. The number of carbonyl (C=O) groups excluding carboxylic acids is 1. The van der Waals surface area contributed by atoms with Crippen LogP contribution in [0.4, 0.5) is 0 Å². The van der Waals surface area contributed by atoms with Crippen molar-refractivity contribution < 1.29 is 19.4 Å². The smallest absolute Gasteiger partial charge is 0.313 e. The molecule has 0 aromatic carbocycles. The molecule has 3 atom stereocenters. The van der Waals surface area contributed by atoms with Crippen molar-refractivity contribution in [2.45, 2.75) is 123 Å². The lowest BCUT2D eigenvalue weighted by molar-refractivity contribution is -0.160. The molecule has 1 aliphatic rings. The molecule has 0 aliphatic heterocycles. The van der Waals surface area contributed by atoms with Gasteiger partial charge in [0.1, 0.15) is 6.10 Å². The molecule has 0 saturated carbocycles. The van der Waals surface area contributed by atoms with Crippen molar-refractivity contribution in [3.63, 3.8) is 0 Å². The molecular weight excluding hydrogens is 364 g/mol. The van der Waals surface area contributed by atoms with Crippen molar-refractivity contribution in [1.29, 1.82) is 0 Å². The number of unbranched alkanes of at least 4 members (excludes halogenated alkanes) is 10. The largest absolute Gasteiger partial charge is 0.481 e. The van der Waals surface area contributed by atoms with Crippen molar-refractivity contribution >= 4 is 11.9 Å². The van der Waals surface area contributed by atoms with E-state index in [-0.39, 0.29) is 12.1 Å². The van der Waals surface area contributed by atoms with Crippen LogP contribution in [0.25, 0.3) is 0 Å². The first-order valence-corrected chi connectivity index (χ1v) is 12.2. The predicted octanol–water partition coefficient (Wildman–Crippen LogP) is 7.07. The van der Waals surface area contributed by atoms with Crippen LogP contribution in [-0.4, -0.2) is 23.1 Å². The number of carboxylic acid groups (broad SMARTS) is 1. The molecule has 29 heavy (non-hydrogen) atoms. The average molecular weight is 409 g/mol. The van der Waals surface area contributed by atoms with Gasteiger partial charge in [-0.25, -0.2) is 0 Å². The van der Waals surface area contributed by atoms with E-state index >= 15 is 0 Å². The zero-order valence-electron chi connectivity index (χ0n) is 18.9. The zero-order valence-corrected chi connectivity index (χ0v) is 18.9. The van der Waals surface area contributed by atoms with Crippen molar-refractivity contribution in [1.82, 2.24) is 0 Å². The van der Waals surface area contributed by atoms with E-state index in [4.69, 9.17) is 4.74 Å². The third kappa shape index (κ3) is 11.4. The maximum Gasteiger partial charge on any atom is 0.313 e. The molecule has 0 radical (unpaired) electrons. The number of ether oxygens (including phenoxy) is 1. The lowest BCUT2D eigenvalue weighted by atomic mass is 9.84. The minimum Gasteiger partial charge on any atom is -0.481 e.